The summed E-state index contributed by atoms with van der Waals surface area (Å²) in [5.41, 5.74) is 2.48. The zero-order chi connectivity index (χ0) is 23.2. The fourth-order valence-corrected chi connectivity index (χ4v) is 3.50. The molecule has 2 heterocycles. The van der Waals surface area contributed by atoms with Crippen LogP contribution in [0.2, 0.25) is 5.02 Å². The first-order chi connectivity index (χ1) is 16.1. The molecule has 2 aromatic carbocycles. The summed E-state index contributed by atoms with van der Waals surface area (Å²) in [7, 11) is 3.14. The number of halogens is 1. The first kappa shape index (κ1) is 22.4. The Kier molecular flexibility index (Phi) is 6.95. The molecule has 0 bridgehead atoms. The number of nitrogens with zero attached hydrogens (tertiary/aromatic N) is 3. The van der Waals surface area contributed by atoms with Gasteiger partial charge in [-0.05, 0) is 54.4 Å². The number of benzene rings is 2. The fourth-order valence-electron chi connectivity index (χ4n) is 3.37. The van der Waals surface area contributed by atoms with Gasteiger partial charge in [0.25, 0.3) is 5.89 Å². The van der Waals surface area contributed by atoms with E-state index >= 15 is 0 Å². The average molecular weight is 467 g/mol. The lowest BCUT2D eigenvalue weighted by atomic mass is 10.1. The topological polar surface area (TPSA) is 91.4 Å². The van der Waals surface area contributed by atoms with E-state index in [0.29, 0.717) is 40.5 Å². The van der Waals surface area contributed by atoms with Crippen molar-refractivity contribution in [3.8, 4) is 34.5 Å². The predicted molar refractivity (Wildman–Crippen MR) is 124 cm³/mol. The van der Waals surface area contributed by atoms with E-state index in [2.05, 4.69) is 15.5 Å². The summed E-state index contributed by atoms with van der Waals surface area (Å²) in [4.78, 5) is 16.9. The molecule has 0 fully saturated rings. The second-order valence-corrected chi connectivity index (χ2v) is 7.68. The van der Waals surface area contributed by atoms with Gasteiger partial charge in [0.1, 0.15) is 12.2 Å². The normalized spacial score (nSPS) is 10.8. The summed E-state index contributed by atoms with van der Waals surface area (Å²) in [6.07, 6.45) is 2.52. The Balaban J connectivity index is 1.41. The Morgan fingerprint density at radius 3 is 2.64 bits per heavy atom. The zero-order valence-corrected chi connectivity index (χ0v) is 19.0. The van der Waals surface area contributed by atoms with Crippen LogP contribution in [-0.4, -0.2) is 41.4 Å². The quantitative estimate of drug-likeness (QED) is 0.397. The molecule has 0 aliphatic rings. The monoisotopic (exact) mass is 466 g/mol. The van der Waals surface area contributed by atoms with Crippen LogP contribution in [0.25, 0.3) is 23.0 Å². The van der Waals surface area contributed by atoms with Gasteiger partial charge in [0.2, 0.25) is 11.7 Å². The van der Waals surface area contributed by atoms with Crippen LogP contribution in [0.4, 0.5) is 0 Å². The Hall–Kier alpha value is -3.78. The summed E-state index contributed by atoms with van der Waals surface area (Å²) in [5.74, 6) is 1.80. The van der Waals surface area contributed by atoms with Gasteiger partial charge in [-0.3, -0.25) is 4.79 Å². The molecule has 0 unspecified atom stereocenters. The van der Waals surface area contributed by atoms with Gasteiger partial charge in [0.15, 0.2) is 11.5 Å². The van der Waals surface area contributed by atoms with Crippen LogP contribution >= 0.6 is 11.6 Å². The van der Waals surface area contributed by atoms with Crippen molar-refractivity contribution in [3.05, 3.63) is 71.4 Å². The smallest absolute Gasteiger partial charge is 0.274 e. The van der Waals surface area contributed by atoms with Crippen LogP contribution in [0, 0.1) is 0 Å². The summed E-state index contributed by atoms with van der Waals surface area (Å²) in [6.45, 7) is 0.665. The number of hydrogen-bond donors (Lipinski definition) is 1. The van der Waals surface area contributed by atoms with E-state index in [9.17, 15) is 4.79 Å². The largest absolute Gasteiger partial charge is 0.493 e. The van der Waals surface area contributed by atoms with Crippen molar-refractivity contribution in [1.29, 1.82) is 0 Å². The van der Waals surface area contributed by atoms with Crippen molar-refractivity contribution >= 4 is 17.5 Å². The fraction of sp³-hybridized carbons (Fsp3) is 0.208. The number of aromatic nitrogens is 3. The highest BCUT2D eigenvalue weighted by Gasteiger charge is 2.16. The summed E-state index contributed by atoms with van der Waals surface area (Å²) >= 11 is 5.90. The van der Waals surface area contributed by atoms with E-state index < -0.39 is 0 Å². The highest BCUT2D eigenvalue weighted by Crippen LogP contribution is 2.32. The third kappa shape index (κ3) is 5.35. The second-order valence-electron chi connectivity index (χ2n) is 7.24. The Bertz CT molecular complexity index is 1230. The second kappa shape index (κ2) is 10.2. The molecule has 170 valence electrons. The molecule has 4 aromatic rings. The van der Waals surface area contributed by atoms with E-state index in [1.54, 1.807) is 37.1 Å². The van der Waals surface area contributed by atoms with Gasteiger partial charge < -0.3 is 23.9 Å². The van der Waals surface area contributed by atoms with E-state index in [1.807, 2.05) is 42.5 Å². The molecular formula is C24H23ClN4O4. The Morgan fingerprint density at radius 1 is 1.09 bits per heavy atom. The molecule has 0 saturated carbocycles. The predicted octanol–water partition coefficient (Wildman–Crippen LogP) is 4.23. The number of ether oxygens (including phenoxy) is 2. The molecule has 4 rings (SSSR count). The van der Waals surface area contributed by atoms with Crippen LogP contribution < -0.4 is 14.8 Å². The first-order valence-electron chi connectivity index (χ1n) is 10.3. The lowest BCUT2D eigenvalue weighted by Gasteiger charge is -2.08. The molecule has 0 radical (unpaired) electrons. The Morgan fingerprint density at radius 2 is 1.88 bits per heavy atom. The number of amides is 1. The van der Waals surface area contributed by atoms with Gasteiger partial charge in [-0.25, -0.2) is 0 Å². The van der Waals surface area contributed by atoms with E-state index in [4.69, 9.17) is 25.6 Å². The highest BCUT2D eigenvalue weighted by molar-refractivity contribution is 6.30. The van der Waals surface area contributed by atoms with Crippen molar-refractivity contribution in [1.82, 2.24) is 20.0 Å². The van der Waals surface area contributed by atoms with Crippen molar-refractivity contribution in [3.63, 3.8) is 0 Å². The third-order valence-electron chi connectivity index (χ3n) is 5.08. The Labute approximate surface area is 196 Å². The summed E-state index contributed by atoms with van der Waals surface area (Å²) in [5, 5.41) is 7.70. The molecule has 1 N–H and O–H groups in total. The molecule has 0 atom stereocenters. The van der Waals surface area contributed by atoms with Crippen molar-refractivity contribution in [2.75, 3.05) is 20.8 Å². The number of carbonyl (C=O) groups excluding carboxylic acids is 1. The number of nitrogens with one attached hydrogen (secondary N) is 1. The minimum absolute atomic E-state index is 0.110. The maximum Gasteiger partial charge on any atom is 0.274 e. The molecule has 0 saturated heterocycles. The van der Waals surface area contributed by atoms with Crippen LogP contribution in [0.3, 0.4) is 0 Å². The summed E-state index contributed by atoms with van der Waals surface area (Å²) in [6, 6.07) is 16.6. The zero-order valence-electron chi connectivity index (χ0n) is 18.2. The number of hydrogen-bond acceptors (Lipinski definition) is 6. The van der Waals surface area contributed by atoms with Gasteiger partial charge >= 0.3 is 0 Å². The van der Waals surface area contributed by atoms with Crippen molar-refractivity contribution in [2.45, 2.75) is 13.0 Å². The molecule has 33 heavy (non-hydrogen) atoms. The van der Waals surface area contributed by atoms with Crippen LogP contribution in [-0.2, 0) is 17.8 Å². The minimum Gasteiger partial charge on any atom is -0.493 e. The molecule has 1 amide bonds. The van der Waals surface area contributed by atoms with Crippen molar-refractivity contribution < 1.29 is 18.8 Å². The SMILES string of the molecule is COc1ccc(-c2noc(-c3cccn3CC(=O)NCCc3ccc(Cl)cc3)n2)cc1OC. The van der Waals surface area contributed by atoms with Crippen LogP contribution in [0.1, 0.15) is 5.56 Å². The molecule has 9 heteroatoms. The molecule has 0 spiro atoms. The molecule has 2 aromatic heterocycles. The van der Waals surface area contributed by atoms with Crippen LogP contribution in [0.15, 0.2) is 65.3 Å². The number of methoxy groups -OCH3 is 2. The van der Waals surface area contributed by atoms with Gasteiger partial charge in [0, 0.05) is 23.3 Å². The van der Waals surface area contributed by atoms with Crippen molar-refractivity contribution in [2.24, 2.45) is 0 Å². The lowest BCUT2D eigenvalue weighted by Crippen LogP contribution is -2.29. The van der Waals surface area contributed by atoms with E-state index in [1.165, 1.54) is 0 Å². The standard InChI is InChI=1S/C24H23ClN4O4/c1-31-20-10-7-17(14-21(20)32-2)23-27-24(33-28-23)19-4-3-13-29(19)15-22(30)26-12-11-16-5-8-18(25)9-6-16/h3-10,13-14H,11-12,15H2,1-2H3,(H,26,30). The number of carbonyl (C=O) groups is 1. The van der Waals surface area contributed by atoms with Crippen LogP contribution in [0.5, 0.6) is 11.5 Å². The lowest BCUT2D eigenvalue weighted by molar-refractivity contribution is -0.121. The van der Waals surface area contributed by atoms with Gasteiger partial charge in [-0.1, -0.05) is 28.9 Å². The van der Waals surface area contributed by atoms with E-state index in [0.717, 1.165) is 17.5 Å². The first-order valence-corrected chi connectivity index (χ1v) is 10.7. The highest BCUT2D eigenvalue weighted by atomic mass is 35.5. The van der Waals surface area contributed by atoms with Gasteiger partial charge in [0.05, 0.1) is 14.2 Å². The molecule has 0 aliphatic heterocycles. The molecular weight excluding hydrogens is 444 g/mol. The summed E-state index contributed by atoms with van der Waals surface area (Å²) < 4.78 is 17.8. The molecule has 8 nitrogen and oxygen atoms in total. The average Bonchev–Trinajstić information content (AvgIpc) is 3.49. The minimum atomic E-state index is -0.110. The molecule has 0 aliphatic carbocycles. The van der Waals surface area contributed by atoms with Gasteiger partial charge in [-0.2, -0.15) is 4.98 Å². The van der Waals surface area contributed by atoms with E-state index in [-0.39, 0.29) is 12.5 Å². The maximum absolute atomic E-state index is 12.5. The van der Waals surface area contributed by atoms with Gasteiger partial charge in [-0.15, -0.1) is 0 Å². The maximum atomic E-state index is 12.5. The number of rotatable bonds is 9. The third-order valence-corrected chi connectivity index (χ3v) is 5.33.